The van der Waals surface area contributed by atoms with Gasteiger partial charge in [0.1, 0.15) is 0 Å². The number of rotatable bonds is 9. The molecule has 2 nitrogen and oxygen atoms in total. The fourth-order valence-corrected chi connectivity index (χ4v) is 1.78. The van der Waals surface area contributed by atoms with Crippen molar-refractivity contribution < 1.29 is 0 Å². The van der Waals surface area contributed by atoms with Gasteiger partial charge in [0.25, 0.3) is 0 Å². The van der Waals surface area contributed by atoms with E-state index in [0.717, 1.165) is 6.54 Å². The van der Waals surface area contributed by atoms with Crippen molar-refractivity contribution in [2.24, 2.45) is 0 Å². The van der Waals surface area contributed by atoms with Gasteiger partial charge in [-0.25, -0.2) is 0 Å². The van der Waals surface area contributed by atoms with Crippen LogP contribution in [0, 0.1) is 0 Å². The summed E-state index contributed by atoms with van der Waals surface area (Å²) in [5, 5.41) is 3.41. The molecule has 1 heterocycles. The lowest BCUT2D eigenvalue weighted by molar-refractivity contribution is 0.596. The Labute approximate surface area is 99.5 Å². The highest BCUT2D eigenvalue weighted by Crippen LogP contribution is 2.08. The van der Waals surface area contributed by atoms with Crippen LogP contribution in [0.15, 0.2) is 24.5 Å². The molecule has 0 amide bonds. The number of nitrogens with one attached hydrogen (secondary N) is 1. The Morgan fingerprint density at radius 2 is 1.56 bits per heavy atom. The SMILES string of the molecule is CCCCCCCCCNc1ccncc1. The van der Waals surface area contributed by atoms with Gasteiger partial charge in [-0.2, -0.15) is 0 Å². The summed E-state index contributed by atoms with van der Waals surface area (Å²) in [5.74, 6) is 0. The molecule has 0 spiro atoms. The molecular formula is C14H24N2. The minimum absolute atomic E-state index is 1.08. The van der Waals surface area contributed by atoms with Crippen molar-refractivity contribution in [1.29, 1.82) is 0 Å². The predicted molar refractivity (Wildman–Crippen MR) is 70.7 cm³/mol. The maximum absolute atomic E-state index is 3.99. The van der Waals surface area contributed by atoms with Crippen LogP contribution in [0.2, 0.25) is 0 Å². The van der Waals surface area contributed by atoms with Crippen LogP contribution in [0.1, 0.15) is 51.9 Å². The van der Waals surface area contributed by atoms with Crippen LogP contribution in [0.25, 0.3) is 0 Å². The number of anilines is 1. The number of hydrogen-bond donors (Lipinski definition) is 1. The zero-order valence-electron chi connectivity index (χ0n) is 10.4. The van der Waals surface area contributed by atoms with E-state index in [1.807, 2.05) is 24.5 Å². The molecule has 0 radical (unpaired) electrons. The average Bonchev–Trinajstić information content (AvgIpc) is 2.34. The quantitative estimate of drug-likeness (QED) is 0.629. The van der Waals surface area contributed by atoms with E-state index in [9.17, 15) is 0 Å². The molecule has 16 heavy (non-hydrogen) atoms. The van der Waals surface area contributed by atoms with Crippen LogP contribution in [0.5, 0.6) is 0 Å². The molecule has 0 saturated heterocycles. The molecule has 0 aliphatic rings. The van der Waals surface area contributed by atoms with Gasteiger partial charge in [-0.1, -0.05) is 45.4 Å². The van der Waals surface area contributed by atoms with E-state index < -0.39 is 0 Å². The van der Waals surface area contributed by atoms with Gasteiger partial charge >= 0.3 is 0 Å². The van der Waals surface area contributed by atoms with Crippen LogP contribution < -0.4 is 5.32 Å². The van der Waals surface area contributed by atoms with Gasteiger partial charge in [0, 0.05) is 24.6 Å². The Morgan fingerprint density at radius 3 is 2.25 bits per heavy atom. The molecule has 1 aromatic rings. The standard InChI is InChI=1S/C14H24N2/c1-2-3-4-5-6-7-8-11-16-14-9-12-15-13-10-14/h9-10,12-13H,2-8,11H2,1H3,(H,15,16). The average molecular weight is 220 g/mol. The van der Waals surface area contributed by atoms with Gasteiger partial charge in [0.15, 0.2) is 0 Å². The van der Waals surface area contributed by atoms with Crippen LogP contribution in [0.3, 0.4) is 0 Å². The second-order valence-electron chi connectivity index (χ2n) is 4.28. The molecule has 1 N–H and O–H groups in total. The Bertz CT molecular complexity index is 246. The lowest BCUT2D eigenvalue weighted by Gasteiger charge is -2.05. The number of aromatic nitrogens is 1. The van der Waals surface area contributed by atoms with Crippen molar-refractivity contribution in [3.8, 4) is 0 Å². The Kier molecular flexibility index (Phi) is 7.48. The molecule has 90 valence electrons. The fourth-order valence-electron chi connectivity index (χ4n) is 1.78. The molecule has 0 atom stereocenters. The smallest absolute Gasteiger partial charge is 0.0371 e. The van der Waals surface area contributed by atoms with Crippen LogP contribution >= 0.6 is 0 Å². The molecule has 0 aromatic carbocycles. The van der Waals surface area contributed by atoms with E-state index in [1.54, 1.807) is 0 Å². The van der Waals surface area contributed by atoms with Gasteiger partial charge < -0.3 is 5.32 Å². The maximum atomic E-state index is 3.99. The van der Waals surface area contributed by atoms with E-state index in [1.165, 1.54) is 50.6 Å². The molecule has 0 aliphatic carbocycles. The van der Waals surface area contributed by atoms with E-state index >= 15 is 0 Å². The van der Waals surface area contributed by atoms with Crippen LogP contribution in [0.4, 0.5) is 5.69 Å². The molecular weight excluding hydrogens is 196 g/mol. The first-order chi connectivity index (χ1) is 7.93. The van der Waals surface area contributed by atoms with Crippen LogP contribution in [-0.2, 0) is 0 Å². The summed E-state index contributed by atoms with van der Waals surface area (Å²) in [6, 6.07) is 4.03. The molecule has 0 saturated carbocycles. The summed E-state index contributed by atoms with van der Waals surface area (Å²) in [6.07, 6.45) is 13.2. The number of nitrogens with zero attached hydrogens (tertiary/aromatic N) is 1. The van der Waals surface area contributed by atoms with Crippen molar-refractivity contribution in [3.63, 3.8) is 0 Å². The van der Waals surface area contributed by atoms with Crippen molar-refractivity contribution >= 4 is 5.69 Å². The van der Waals surface area contributed by atoms with Gasteiger partial charge in [0.05, 0.1) is 0 Å². The van der Waals surface area contributed by atoms with Gasteiger partial charge in [-0.3, -0.25) is 4.98 Å². The summed E-state index contributed by atoms with van der Waals surface area (Å²) < 4.78 is 0. The summed E-state index contributed by atoms with van der Waals surface area (Å²) in [6.45, 7) is 3.34. The van der Waals surface area contributed by atoms with E-state index in [2.05, 4.69) is 17.2 Å². The Hall–Kier alpha value is -1.05. The van der Waals surface area contributed by atoms with Crippen molar-refractivity contribution in [3.05, 3.63) is 24.5 Å². The third-order valence-corrected chi connectivity index (χ3v) is 2.79. The largest absolute Gasteiger partial charge is 0.385 e. The zero-order chi connectivity index (χ0) is 11.5. The number of unbranched alkanes of at least 4 members (excludes halogenated alkanes) is 6. The predicted octanol–water partition coefficient (Wildman–Crippen LogP) is 4.24. The summed E-state index contributed by atoms with van der Waals surface area (Å²) in [7, 11) is 0. The van der Waals surface area contributed by atoms with Gasteiger partial charge in [-0.05, 0) is 18.6 Å². The molecule has 0 unspecified atom stereocenters. The van der Waals surface area contributed by atoms with E-state index in [4.69, 9.17) is 0 Å². The summed E-state index contributed by atoms with van der Waals surface area (Å²) in [4.78, 5) is 3.99. The molecule has 0 aliphatic heterocycles. The van der Waals surface area contributed by atoms with Crippen molar-refractivity contribution in [2.45, 2.75) is 51.9 Å². The first-order valence-electron chi connectivity index (χ1n) is 6.57. The van der Waals surface area contributed by atoms with Gasteiger partial charge in [0.2, 0.25) is 0 Å². The first kappa shape index (κ1) is 13.0. The number of hydrogen-bond acceptors (Lipinski definition) is 2. The second-order valence-corrected chi connectivity index (χ2v) is 4.28. The number of pyridine rings is 1. The van der Waals surface area contributed by atoms with Gasteiger partial charge in [-0.15, -0.1) is 0 Å². The first-order valence-corrected chi connectivity index (χ1v) is 6.57. The minimum atomic E-state index is 1.08. The normalized spacial score (nSPS) is 10.3. The summed E-state index contributed by atoms with van der Waals surface area (Å²) in [5.41, 5.74) is 1.18. The second kappa shape index (κ2) is 9.20. The highest BCUT2D eigenvalue weighted by atomic mass is 14.9. The molecule has 0 fully saturated rings. The van der Waals surface area contributed by atoms with E-state index in [0.29, 0.717) is 0 Å². The van der Waals surface area contributed by atoms with Crippen molar-refractivity contribution in [2.75, 3.05) is 11.9 Å². The monoisotopic (exact) mass is 220 g/mol. The minimum Gasteiger partial charge on any atom is -0.385 e. The van der Waals surface area contributed by atoms with Crippen LogP contribution in [-0.4, -0.2) is 11.5 Å². The molecule has 2 heteroatoms. The molecule has 0 bridgehead atoms. The molecule has 1 aromatic heterocycles. The summed E-state index contributed by atoms with van der Waals surface area (Å²) >= 11 is 0. The Morgan fingerprint density at radius 1 is 0.938 bits per heavy atom. The zero-order valence-corrected chi connectivity index (χ0v) is 10.4. The highest BCUT2D eigenvalue weighted by molar-refractivity contribution is 5.40. The third-order valence-electron chi connectivity index (χ3n) is 2.79. The molecule has 1 rings (SSSR count). The van der Waals surface area contributed by atoms with E-state index in [-0.39, 0.29) is 0 Å². The maximum Gasteiger partial charge on any atom is 0.0371 e. The third kappa shape index (κ3) is 6.44. The topological polar surface area (TPSA) is 24.9 Å². The fraction of sp³-hybridized carbons (Fsp3) is 0.643. The lowest BCUT2D eigenvalue weighted by Crippen LogP contribution is -2.01. The lowest BCUT2D eigenvalue weighted by atomic mass is 10.1. The Balaban J connectivity index is 1.89. The highest BCUT2D eigenvalue weighted by Gasteiger charge is 1.92. The van der Waals surface area contributed by atoms with Crippen molar-refractivity contribution in [1.82, 2.24) is 4.98 Å².